The number of thiophene rings is 1. The van der Waals surface area contributed by atoms with Crippen molar-refractivity contribution in [3.8, 4) is 5.75 Å². The normalized spacial score (nSPS) is 10.6. The summed E-state index contributed by atoms with van der Waals surface area (Å²) in [5.41, 5.74) is 2.95. The Morgan fingerprint density at radius 1 is 1.12 bits per heavy atom. The van der Waals surface area contributed by atoms with E-state index in [9.17, 15) is 4.79 Å². The van der Waals surface area contributed by atoms with Gasteiger partial charge in [0.25, 0.3) is 5.91 Å². The Kier molecular flexibility index (Phi) is 5.96. The van der Waals surface area contributed by atoms with Gasteiger partial charge in [-0.3, -0.25) is 4.79 Å². The van der Waals surface area contributed by atoms with Gasteiger partial charge in [-0.15, -0.1) is 11.3 Å². The summed E-state index contributed by atoms with van der Waals surface area (Å²) >= 11 is 7.74. The van der Waals surface area contributed by atoms with Gasteiger partial charge in [-0.2, -0.15) is 0 Å². The zero-order valence-electron chi connectivity index (χ0n) is 14.7. The number of hydrogen-bond donors (Lipinski definition) is 0. The van der Waals surface area contributed by atoms with Crippen molar-refractivity contribution in [2.75, 3.05) is 11.5 Å². The molecule has 5 heteroatoms. The van der Waals surface area contributed by atoms with Crippen molar-refractivity contribution in [1.29, 1.82) is 0 Å². The van der Waals surface area contributed by atoms with E-state index in [1.807, 2.05) is 61.7 Å². The van der Waals surface area contributed by atoms with E-state index in [0.717, 1.165) is 27.4 Å². The summed E-state index contributed by atoms with van der Waals surface area (Å²) in [6.07, 6.45) is 0. The molecule has 3 nitrogen and oxygen atoms in total. The Hall–Kier alpha value is -2.30. The standard InChI is InChI=1S/C21H20ClNO2S/c1-15-6-3-10-20(16(15)2)25-14-21(24)23(13-19-9-5-11-26-19)18-8-4-7-17(22)12-18/h3-12H,13-14H2,1-2H3. The molecule has 1 amide bonds. The number of rotatable bonds is 6. The molecule has 0 atom stereocenters. The molecule has 0 aliphatic heterocycles. The minimum atomic E-state index is -0.110. The fraction of sp³-hybridized carbons (Fsp3) is 0.190. The third-order valence-corrected chi connectivity index (χ3v) is 5.32. The summed E-state index contributed by atoms with van der Waals surface area (Å²) in [5.74, 6) is 0.627. The summed E-state index contributed by atoms with van der Waals surface area (Å²) in [4.78, 5) is 15.7. The number of carbonyl (C=O) groups is 1. The van der Waals surface area contributed by atoms with Gasteiger partial charge >= 0.3 is 0 Å². The smallest absolute Gasteiger partial charge is 0.265 e. The van der Waals surface area contributed by atoms with E-state index in [-0.39, 0.29) is 12.5 Å². The first-order valence-corrected chi connectivity index (χ1v) is 9.57. The van der Waals surface area contributed by atoms with Crippen LogP contribution in [-0.4, -0.2) is 12.5 Å². The zero-order chi connectivity index (χ0) is 18.5. The average Bonchev–Trinajstić information content (AvgIpc) is 3.14. The lowest BCUT2D eigenvalue weighted by atomic mass is 10.1. The molecule has 1 aromatic heterocycles. The minimum absolute atomic E-state index is 0.0256. The van der Waals surface area contributed by atoms with Crippen LogP contribution in [0.2, 0.25) is 5.02 Å². The second-order valence-electron chi connectivity index (χ2n) is 6.03. The number of benzene rings is 2. The molecule has 3 rings (SSSR count). The quantitative estimate of drug-likeness (QED) is 0.550. The van der Waals surface area contributed by atoms with E-state index in [1.54, 1.807) is 28.4 Å². The molecule has 2 aromatic carbocycles. The van der Waals surface area contributed by atoms with E-state index >= 15 is 0 Å². The summed E-state index contributed by atoms with van der Waals surface area (Å²) in [6.45, 7) is 4.49. The molecule has 0 saturated heterocycles. The average molecular weight is 386 g/mol. The molecule has 0 bridgehead atoms. The first-order chi connectivity index (χ1) is 12.5. The zero-order valence-corrected chi connectivity index (χ0v) is 16.3. The van der Waals surface area contributed by atoms with Crippen LogP contribution in [-0.2, 0) is 11.3 Å². The predicted octanol–water partition coefficient (Wildman–Crippen LogP) is 5.63. The van der Waals surface area contributed by atoms with Gasteiger partial charge in [0.15, 0.2) is 6.61 Å². The van der Waals surface area contributed by atoms with Gasteiger partial charge in [0, 0.05) is 15.6 Å². The monoisotopic (exact) mass is 385 g/mol. The maximum absolute atomic E-state index is 12.9. The van der Waals surface area contributed by atoms with Crippen molar-refractivity contribution in [1.82, 2.24) is 0 Å². The van der Waals surface area contributed by atoms with E-state index < -0.39 is 0 Å². The Morgan fingerprint density at radius 3 is 2.65 bits per heavy atom. The van der Waals surface area contributed by atoms with Crippen LogP contribution in [0.4, 0.5) is 5.69 Å². The molecule has 0 N–H and O–H groups in total. The van der Waals surface area contributed by atoms with Crippen LogP contribution in [0.5, 0.6) is 5.75 Å². The molecule has 0 aliphatic carbocycles. The molecule has 0 unspecified atom stereocenters. The molecular formula is C21H20ClNO2S. The van der Waals surface area contributed by atoms with Crippen molar-refractivity contribution in [3.63, 3.8) is 0 Å². The fourth-order valence-corrected chi connectivity index (χ4v) is 3.50. The van der Waals surface area contributed by atoms with Crippen molar-refractivity contribution in [2.24, 2.45) is 0 Å². The highest BCUT2D eigenvalue weighted by Gasteiger charge is 2.18. The number of ether oxygens (including phenoxy) is 1. The first kappa shape index (κ1) is 18.5. The number of amides is 1. The lowest BCUT2D eigenvalue weighted by Crippen LogP contribution is -2.34. The molecule has 0 aliphatic rings. The molecule has 134 valence electrons. The number of anilines is 1. The van der Waals surface area contributed by atoms with Crippen LogP contribution in [0, 0.1) is 13.8 Å². The largest absolute Gasteiger partial charge is 0.483 e. The van der Waals surface area contributed by atoms with Gasteiger partial charge in [0.05, 0.1) is 6.54 Å². The molecular weight excluding hydrogens is 366 g/mol. The van der Waals surface area contributed by atoms with E-state index in [2.05, 4.69) is 0 Å². The first-order valence-electron chi connectivity index (χ1n) is 8.32. The van der Waals surface area contributed by atoms with E-state index in [1.165, 1.54) is 0 Å². The van der Waals surface area contributed by atoms with Crippen molar-refractivity contribution < 1.29 is 9.53 Å². The molecule has 3 aromatic rings. The second-order valence-corrected chi connectivity index (χ2v) is 7.49. The highest BCUT2D eigenvalue weighted by Crippen LogP contribution is 2.24. The van der Waals surface area contributed by atoms with Crippen LogP contribution >= 0.6 is 22.9 Å². The number of aryl methyl sites for hydroxylation is 1. The van der Waals surface area contributed by atoms with Crippen molar-refractivity contribution in [3.05, 3.63) is 81.0 Å². The maximum atomic E-state index is 12.9. The number of carbonyl (C=O) groups excluding carboxylic acids is 1. The van der Waals surface area contributed by atoms with Gasteiger partial charge in [0.1, 0.15) is 5.75 Å². The Morgan fingerprint density at radius 2 is 1.92 bits per heavy atom. The molecule has 0 radical (unpaired) electrons. The molecule has 0 saturated carbocycles. The second kappa shape index (κ2) is 8.39. The lowest BCUT2D eigenvalue weighted by Gasteiger charge is -2.23. The van der Waals surface area contributed by atoms with Gasteiger partial charge in [-0.25, -0.2) is 0 Å². The third-order valence-electron chi connectivity index (χ3n) is 4.22. The predicted molar refractivity (Wildman–Crippen MR) is 108 cm³/mol. The van der Waals surface area contributed by atoms with Crippen LogP contribution in [0.1, 0.15) is 16.0 Å². The third kappa shape index (κ3) is 4.45. The van der Waals surface area contributed by atoms with Crippen molar-refractivity contribution in [2.45, 2.75) is 20.4 Å². The number of hydrogen-bond acceptors (Lipinski definition) is 3. The summed E-state index contributed by atoms with van der Waals surface area (Å²) in [5, 5.41) is 2.60. The van der Waals surface area contributed by atoms with Crippen LogP contribution in [0.15, 0.2) is 60.0 Å². The van der Waals surface area contributed by atoms with Gasteiger partial charge in [-0.1, -0.05) is 35.9 Å². The molecule has 0 fully saturated rings. The van der Waals surface area contributed by atoms with Crippen LogP contribution in [0.3, 0.4) is 0 Å². The summed E-state index contributed by atoms with van der Waals surface area (Å²) in [6, 6.07) is 17.2. The van der Waals surface area contributed by atoms with E-state index in [0.29, 0.717) is 11.6 Å². The van der Waals surface area contributed by atoms with Gasteiger partial charge < -0.3 is 9.64 Å². The maximum Gasteiger partial charge on any atom is 0.265 e. The van der Waals surface area contributed by atoms with Crippen LogP contribution in [0.25, 0.3) is 0 Å². The Labute approximate surface area is 162 Å². The molecule has 26 heavy (non-hydrogen) atoms. The highest BCUT2D eigenvalue weighted by atomic mass is 35.5. The topological polar surface area (TPSA) is 29.5 Å². The highest BCUT2D eigenvalue weighted by molar-refractivity contribution is 7.09. The van der Waals surface area contributed by atoms with E-state index in [4.69, 9.17) is 16.3 Å². The Balaban J connectivity index is 1.79. The summed E-state index contributed by atoms with van der Waals surface area (Å²) < 4.78 is 5.81. The van der Waals surface area contributed by atoms with Crippen molar-refractivity contribution >= 4 is 34.5 Å². The van der Waals surface area contributed by atoms with Gasteiger partial charge in [-0.05, 0) is 60.7 Å². The lowest BCUT2D eigenvalue weighted by molar-refractivity contribution is -0.120. The van der Waals surface area contributed by atoms with Crippen LogP contribution < -0.4 is 9.64 Å². The summed E-state index contributed by atoms with van der Waals surface area (Å²) in [7, 11) is 0. The van der Waals surface area contributed by atoms with Gasteiger partial charge in [0.2, 0.25) is 0 Å². The molecule has 1 heterocycles. The fourth-order valence-electron chi connectivity index (χ4n) is 2.62. The minimum Gasteiger partial charge on any atom is -0.483 e. The molecule has 0 spiro atoms. The SMILES string of the molecule is Cc1cccc(OCC(=O)N(Cc2cccs2)c2cccc(Cl)c2)c1C. The Bertz CT molecular complexity index is 893. The number of halogens is 1. The number of nitrogens with zero attached hydrogens (tertiary/aromatic N) is 1.